The average molecular weight is 407 g/mol. The van der Waals surface area contributed by atoms with Gasteiger partial charge in [-0.2, -0.15) is 4.98 Å². The Kier molecular flexibility index (Phi) is 6.99. The molecule has 0 saturated carbocycles. The van der Waals surface area contributed by atoms with Crippen molar-refractivity contribution >= 4 is 23.3 Å². The van der Waals surface area contributed by atoms with Gasteiger partial charge in [0.2, 0.25) is 17.6 Å². The van der Waals surface area contributed by atoms with Crippen LogP contribution in [0.3, 0.4) is 0 Å². The molecule has 3 rings (SSSR count). The van der Waals surface area contributed by atoms with Gasteiger partial charge in [0.15, 0.2) is 0 Å². The average Bonchev–Trinajstić information content (AvgIpc) is 3.36. The third-order valence-electron chi connectivity index (χ3n) is 4.71. The molecule has 3 N–H and O–H groups in total. The number of carbonyl (C=O) groups is 2. The van der Waals surface area contributed by atoms with E-state index >= 15 is 0 Å². The number of aromatic nitrogens is 2. The van der Waals surface area contributed by atoms with E-state index in [1.54, 1.807) is 16.2 Å². The largest absolute Gasteiger partial charge is 0.352 e. The highest BCUT2D eigenvalue weighted by Crippen LogP contribution is 2.21. The number of rotatable bonds is 8. The maximum atomic E-state index is 12.7. The van der Waals surface area contributed by atoms with Crippen LogP contribution >= 0.6 is 11.3 Å². The second-order valence-corrected chi connectivity index (χ2v) is 7.74. The lowest BCUT2D eigenvalue weighted by atomic mass is 10.1. The van der Waals surface area contributed by atoms with E-state index in [4.69, 9.17) is 10.3 Å². The van der Waals surface area contributed by atoms with Gasteiger partial charge in [-0.25, -0.2) is 4.79 Å². The normalized spacial score (nSPS) is 16.1. The van der Waals surface area contributed by atoms with Crippen LogP contribution in [0.5, 0.6) is 0 Å². The van der Waals surface area contributed by atoms with Crippen molar-refractivity contribution in [3.8, 4) is 10.7 Å². The summed E-state index contributed by atoms with van der Waals surface area (Å²) >= 11 is 1.57. The van der Waals surface area contributed by atoms with Gasteiger partial charge in [0.05, 0.1) is 11.4 Å². The SMILES string of the molecule is CCCCC(NC(N)=O)C(=O)N1CCN(Cc2nc(-c3cccs3)no2)CC1. The predicted octanol–water partition coefficient (Wildman–Crippen LogP) is 1.67. The Labute approximate surface area is 167 Å². The minimum atomic E-state index is -0.661. The lowest BCUT2D eigenvalue weighted by molar-refractivity contribution is -0.135. The van der Waals surface area contributed by atoms with Crippen LogP contribution in [0, 0.1) is 0 Å². The molecule has 9 nitrogen and oxygen atoms in total. The van der Waals surface area contributed by atoms with Crippen molar-refractivity contribution in [2.45, 2.75) is 38.8 Å². The van der Waals surface area contributed by atoms with Crippen molar-refractivity contribution in [3.63, 3.8) is 0 Å². The van der Waals surface area contributed by atoms with Gasteiger partial charge in [0, 0.05) is 26.2 Å². The van der Waals surface area contributed by atoms with E-state index in [1.807, 2.05) is 24.4 Å². The summed E-state index contributed by atoms with van der Waals surface area (Å²) in [6, 6.07) is 2.70. The first-order valence-corrected chi connectivity index (χ1v) is 10.4. The minimum absolute atomic E-state index is 0.0651. The van der Waals surface area contributed by atoms with E-state index in [1.165, 1.54) is 0 Å². The Hall–Kier alpha value is -2.46. The van der Waals surface area contributed by atoms with Crippen molar-refractivity contribution in [3.05, 3.63) is 23.4 Å². The molecule has 0 aromatic carbocycles. The third-order valence-corrected chi connectivity index (χ3v) is 5.58. The molecule has 1 aliphatic rings. The van der Waals surface area contributed by atoms with Gasteiger partial charge in [-0.15, -0.1) is 11.3 Å². The Morgan fingerprint density at radius 2 is 2.14 bits per heavy atom. The number of primary amides is 1. The summed E-state index contributed by atoms with van der Waals surface area (Å²) in [6.07, 6.45) is 2.42. The quantitative estimate of drug-likeness (QED) is 0.689. The van der Waals surface area contributed by atoms with E-state index in [0.717, 1.165) is 17.7 Å². The van der Waals surface area contributed by atoms with Crippen LogP contribution in [0.4, 0.5) is 4.79 Å². The Morgan fingerprint density at radius 3 is 2.79 bits per heavy atom. The number of hydrogen-bond donors (Lipinski definition) is 2. The zero-order valence-electron chi connectivity index (χ0n) is 16.0. The van der Waals surface area contributed by atoms with E-state index in [-0.39, 0.29) is 5.91 Å². The molecule has 0 spiro atoms. The number of carbonyl (C=O) groups excluding carboxylic acids is 2. The number of hydrogen-bond acceptors (Lipinski definition) is 7. The lowest BCUT2D eigenvalue weighted by Gasteiger charge is -2.35. The molecule has 0 radical (unpaired) electrons. The van der Waals surface area contributed by atoms with Gasteiger partial charge in [0.1, 0.15) is 6.04 Å². The highest BCUT2D eigenvalue weighted by atomic mass is 32.1. The summed E-state index contributed by atoms with van der Waals surface area (Å²) in [5.74, 6) is 1.11. The number of nitrogens with one attached hydrogen (secondary N) is 1. The van der Waals surface area contributed by atoms with Crippen LogP contribution in [0.15, 0.2) is 22.0 Å². The number of nitrogens with zero attached hydrogens (tertiary/aromatic N) is 4. The summed E-state index contributed by atoms with van der Waals surface area (Å²) in [6.45, 7) is 5.20. The van der Waals surface area contributed by atoms with Crippen LogP contribution in [-0.2, 0) is 11.3 Å². The highest BCUT2D eigenvalue weighted by molar-refractivity contribution is 7.13. The summed E-state index contributed by atoms with van der Waals surface area (Å²) in [7, 11) is 0. The topological polar surface area (TPSA) is 118 Å². The standard InChI is InChI=1S/C18H26N6O3S/c1-2-3-5-13(20-18(19)26)17(25)24-9-7-23(8-10-24)12-15-21-16(22-27-15)14-6-4-11-28-14/h4,6,11,13H,2-3,5,7-10,12H2,1H3,(H3,19,20,26). The maximum Gasteiger partial charge on any atom is 0.312 e. The Morgan fingerprint density at radius 1 is 1.36 bits per heavy atom. The first-order chi connectivity index (χ1) is 13.6. The van der Waals surface area contributed by atoms with Gasteiger partial charge in [-0.05, 0) is 17.9 Å². The molecule has 0 aliphatic carbocycles. The van der Waals surface area contributed by atoms with Gasteiger partial charge in [-0.3, -0.25) is 9.69 Å². The smallest absolute Gasteiger partial charge is 0.312 e. The fourth-order valence-electron chi connectivity index (χ4n) is 3.20. The van der Waals surface area contributed by atoms with Gasteiger partial charge < -0.3 is 20.5 Å². The van der Waals surface area contributed by atoms with Crippen molar-refractivity contribution < 1.29 is 14.1 Å². The first-order valence-electron chi connectivity index (χ1n) is 9.50. The molecule has 1 saturated heterocycles. The zero-order chi connectivity index (χ0) is 19.9. The zero-order valence-corrected chi connectivity index (χ0v) is 16.8. The van der Waals surface area contributed by atoms with Crippen LogP contribution in [0.2, 0.25) is 0 Å². The molecule has 1 unspecified atom stereocenters. The summed E-state index contributed by atoms with van der Waals surface area (Å²) in [5, 5.41) is 8.58. The number of piperazine rings is 1. The fraction of sp³-hybridized carbons (Fsp3) is 0.556. The van der Waals surface area contributed by atoms with Crippen molar-refractivity contribution in [1.82, 2.24) is 25.3 Å². The molecule has 28 heavy (non-hydrogen) atoms. The number of urea groups is 1. The second kappa shape index (κ2) is 9.65. The molecule has 1 atom stereocenters. The Bertz CT molecular complexity index is 770. The van der Waals surface area contributed by atoms with Crippen LogP contribution in [-0.4, -0.2) is 64.1 Å². The monoisotopic (exact) mass is 406 g/mol. The van der Waals surface area contributed by atoms with Crippen molar-refractivity contribution in [2.75, 3.05) is 26.2 Å². The highest BCUT2D eigenvalue weighted by Gasteiger charge is 2.28. The van der Waals surface area contributed by atoms with Gasteiger partial charge >= 0.3 is 6.03 Å². The van der Waals surface area contributed by atoms with Crippen LogP contribution in [0.25, 0.3) is 10.7 Å². The molecule has 152 valence electrons. The molecule has 3 heterocycles. The maximum absolute atomic E-state index is 12.7. The number of unbranched alkanes of at least 4 members (excludes halogenated alkanes) is 1. The molecule has 2 aromatic rings. The Balaban J connectivity index is 1.50. The van der Waals surface area contributed by atoms with Crippen molar-refractivity contribution in [2.24, 2.45) is 5.73 Å². The molecular formula is C18H26N6O3S. The molecule has 0 bridgehead atoms. The third kappa shape index (κ3) is 5.29. The second-order valence-electron chi connectivity index (χ2n) is 6.79. The number of amides is 3. The van der Waals surface area contributed by atoms with Gasteiger partial charge in [0.25, 0.3) is 0 Å². The molecular weight excluding hydrogens is 380 g/mol. The number of nitrogens with two attached hydrogens (primary N) is 1. The summed E-state index contributed by atoms with van der Waals surface area (Å²) < 4.78 is 5.35. The van der Waals surface area contributed by atoms with E-state index in [2.05, 4.69) is 20.4 Å². The lowest BCUT2D eigenvalue weighted by Crippen LogP contribution is -2.55. The van der Waals surface area contributed by atoms with Crippen LogP contribution < -0.4 is 11.1 Å². The molecule has 2 aromatic heterocycles. The molecule has 1 aliphatic heterocycles. The van der Waals surface area contributed by atoms with E-state index < -0.39 is 12.1 Å². The summed E-state index contributed by atoms with van der Waals surface area (Å²) in [5.41, 5.74) is 5.23. The fourth-order valence-corrected chi connectivity index (χ4v) is 3.85. The molecule has 1 fully saturated rings. The van der Waals surface area contributed by atoms with Gasteiger partial charge in [-0.1, -0.05) is 31.0 Å². The van der Waals surface area contributed by atoms with Crippen LogP contribution in [0.1, 0.15) is 32.1 Å². The first kappa shape index (κ1) is 20.3. The number of thiophene rings is 1. The molecule has 3 amide bonds. The molecule has 10 heteroatoms. The summed E-state index contributed by atoms with van der Waals surface area (Å²) in [4.78, 5) is 33.3. The van der Waals surface area contributed by atoms with Crippen molar-refractivity contribution in [1.29, 1.82) is 0 Å². The predicted molar refractivity (Wildman–Crippen MR) is 106 cm³/mol. The van der Waals surface area contributed by atoms with E-state index in [0.29, 0.717) is 50.9 Å². The minimum Gasteiger partial charge on any atom is -0.352 e. The van der Waals surface area contributed by atoms with E-state index in [9.17, 15) is 9.59 Å².